The molecule has 0 bridgehead atoms. The highest BCUT2D eigenvalue weighted by molar-refractivity contribution is 6.33. The average Bonchev–Trinajstić information content (AvgIpc) is 2.20. The molecule has 2 nitrogen and oxygen atoms in total. The Bertz CT molecular complexity index is 326. The second-order valence-corrected chi connectivity index (χ2v) is 4.34. The summed E-state index contributed by atoms with van der Waals surface area (Å²) in [7, 11) is 0. The summed E-state index contributed by atoms with van der Waals surface area (Å²) >= 11 is 11.9. The number of anilines is 1. The van der Waals surface area contributed by atoms with Gasteiger partial charge in [-0.25, -0.2) is 4.98 Å². The Hall–Kier alpha value is -0.470. The van der Waals surface area contributed by atoms with Crippen molar-refractivity contribution < 1.29 is 0 Å². The lowest BCUT2D eigenvalue weighted by Crippen LogP contribution is -2.31. The Balaban J connectivity index is 3.03. The topological polar surface area (TPSA) is 16.1 Å². The number of alkyl halides is 1. The molecule has 15 heavy (non-hydrogen) atoms. The van der Waals surface area contributed by atoms with E-state index in [0.717, 1.165) is 17.9 Å². The summed E-state index contributed by atoms with van der Waals surface area (Å²) in [6, 6.07) is 2.27. The molecule has 0 saturated heterocycles. The summed E-state index contributed by atoms with van der Waals surface area (Å²) in [5.41, 5.74) is 0.949. The molecule has 0 unspecified atom stereocenters. The lowest BCUT2D eigenvalue weighted by molar-refractivity contribution is 0.693. The van der Waals surface area contributed by atoms with Crippen LogP contribution in [-0.2, 0) is 5.88 Å². The van der Waals surface area contributed by atoms with Gasteiger partial charge < -0.3 is 4.90 Å². The van der Waals surface area contributed by atoms with Gasteiger partial charge in [0.1, 0.15) is 5.82 Å². The molecule has 1 aromatic heterocycles. The van der Waals surface area contributed by atoms with Crippen molar-refractivity contribution in [2.75, 3.05) is 11.4 Å². The fourth-order valence-corrected chi connectivity index (χ4v) is 1.96. The highest BCUT2D eigenvalue weighted by Crippen LogP contribution is 2.25. The first-order valence-electron chi connectivity index (χ1n) is 5.07. The average molecular weight is 247 g/mol. The number of nitrogens with zero attached hydrogens (tertiary/aromatic N) is 2. The van der Waals surface area contributed by atoms with E-state index in [1.807, 2.05) is 6.07 Å². The van der Waals surface area contributed by atoms with Gasteiger partial charge in [-0.2, -0.15) is 0 Å². The Labute approximate surface area is 101 Å². The van der Waals surface area contributed by atoms with Gasteiger partial charge in [0.15, 0.2) is 0 Å². The maximum Gasteiger partial charge on any atom is 0.147 e. The summed E-state index contributed by atoms with van der Waals surface area (Å²) in [5.74, 6) is 1.28. The fraction of sp³-hybridized carbons (Fsp3) is 0.545. The molecule has 0 aliphatic heterocycles. The quantitative estimate of drug-likeness (QED) is 0.754. The first kappa shape index (κ1) is 12.6. The number of hydrogen-bond acceptors (Lipinski definition) is 2. The van der Waals surface area contributed by atoms with Gasteiger partial charge in [-0.15, -0.1) is 11.6 Å². The molecule has 1 heterocycles. The lowest BCUT2D eigenvalue weighted by atomic mass is 10.2. The maximum absolute atomic E-state index is 6.16. The number of aromatic nitrogens is 1. The zero-order valence-corrected chi connectivity index (χ0v) is 10.8. The van der Waals surface area contributed by atoms with Crippen LogP contribution in [0.3, 0.4) is 0 Å². The van der Waals surface area contributed by atoms with Crippen LogP contribution in [0.25, 0.3) is 0 Å². The van der Waals surface area contributed by atoms with E-state index in [9.17, 15) is 0 Å². The fourth-order valence-electron chi connectivity index (χ4n) is 1.51. The van der Waals surface area contributed by atoms with Crippen molar-refractivity contribution in [2.24, 2.45) is 0 Å². The van der Waals surface area contributed by atoms with Crippen LogP contribution in [0.2, 0.25) is 5.02 Å². The number of halogens is 2. The number of rotatable bonds is 4. The largest absolute Gasteiger partial charge is 0.353 e. The second kappa shape index (κ2) is 5.57. The van der Waals surface area contributed by atoms with Crippen molar-refractivity contribution in [3.63, 3.8) is 0 Å². The van der Waals surface area contributed by atoms with Crippen LogP contribution in [0.15, 0.2) is 12.3 Å². The lowest BCUT2D eigenvalue weighted by Gasteiger charge is -2.27. The first-order chi connectivity index (χ1) is 7.10. The van der Waals surface area contributed by atoms with E-state index in [2.05, 4.69) is 30.7 Å². The molecule has 0 saturated carbocycles. The molecule has 0 amide bonds. The van der Waals surface area contributed by atoms with Crippen LogP contribution in [-0.4, -0.2) is 17.6 Å². The third kappa shape index (κ3) is 2.99. The van der Waals surface area contributed by atoms with Crippen LogP contribution >= 0.6 is 23.2 Å². The maximum atomic E-state index is 6.16. The van der Waals surface area contributed by atoms with Crippen LogP contribution in [0.4, 0.5) is 5.82 Å². The van der Waals surface area contributed by atoms with Crippen LogP contribution < -0.4 is 4.90 Å². The molecule has 0 aliphatic rings. The molecule has 0 aromatic carbocycles. The van der Waals surface area contributed by atoms with E-state index < -0.39 is 0 Å². The Morgan fingerprint density at radius 1 is 1.47 bits per heavy atom. The van der Waals surface area contributed by atoms with Crippen molar-refractivity contribution >= 4 is 29.0 Å². The van der Waals surface area contributed by atoms with Crippen LogP contribution in [0.5, 0.6) is 0 Å². The predicted molar refractivity (Wildman–Crippen MR) is 67.0 cm³/mol. The standard InChI is InChI=1S/C11H16Cl2N2/c1-4-15(8(2)3)11-10(13)5-9(6-12)7-14-11/h5,7-8H,4,6H2,1-3H3. The van der Waals surface area contributed by atoms with E-state index >= 15 is 0 Å². The van der Waals surface area contributed by atoms with Gasteiger partial charge in [-0.3, -0.25) is 0 Å². The van der Waals surface area contributed by atoms with Gasteiger partial charge in [0.25, 0.3) is 0 Å². The monoisotopic (exact) mass is 246 g/mol. The highest BCUT2D eigenvalue weighted by atomic mass is 35.5. The second-order valence-electron chi connectivity index (χ2n) is 3.66. The SMILES string of the molecule is CCN(c1ncc(CCl)cc1Cl)C(C)C. The van der Waals surface area contributed by atoms with Crippen molar-refractivity contribution in [2.45, 2.75) is 32.7 Å². The van der Waals surface area contributed by atoms with Crippen molar-refractivity contribution in [1.82, 2.24) is 4.98 Å². The molecule has 1 aromatic rings. The smallest absolute Gasteiger partial charge is 0.147 e. The Kier molecular flexibility index (Phi) is 4.68. The molecule has 0 aliphatic carbocycles. The normalized spacial score (nSPS) is 10.8. The zero-order valence-electron chi connectivity index (χ0n) is 9.30. The predicted octanol–water partition coefficient (Wildman–Crippen LogP) is 3.71. The molecule has 0 atom stereocenters. The molecule has 4 heteroatoms. The number of hydrogen-bond donors (Lipinski definition) is 0. The zero-order chi connectivity index (χ0) is 11.4. The molecule has 1 rings (SSSR count). The first-order valence-corrected chi connectivity index (χ1v) is 5.98. The van der Waals surface area contributed by atoms with E-state index in [1.165, 1.54) is 0 Å². The van der Waals surface area contributed by atoms with E-state index in [0.29, 0.717) is 16.9 Å². The molecular weight excluding hydrogens is 231 g/mol. The van der Waals surface area contributed by atoms with Crippen molar-refractivity contribution in [3.8, 4) is 0 Å². The van der Waals surface area contributed by atoms with Crippen LogP contribution in [0, 0.1) is 0 Å². The van der Waals surface area contributed by atoms with Gasteiger partial charge >= 0.3 is 0 Å². The van der Waals surface area contributed by atoms with E-state index in [-0.39, 0.29) is 0 Å². The highest BCUT2D eigenvalue weighted by Gasteiger charge is 2.13. The molecule has 0 spiro atoms. The molecule has 0 N–H and O–H groups in total. The summed E-state index contributed by atoms with van der Waals surface area (Å²) in [6.07, 6.45) is 1.78. The molecule has 84 valence electrons. The van der Waals surface area contributed by atoms with Gasteiger partial charge in [0.05, 0.1) is 5.02 Å². The third-order valence-corrected chi connectivity index (χ3v) is 2.86. The third-order valence-electron chi connectivity index (χ3n) is 2.27. The summed E-state index contributed by atoms with van der Waals surface area (Å²) in [4.78, 5) is 6.50. The van der Waals surface area contributed by atoms with E-state index in [4.69, 9.17) is 23.2 Å². The van der Waals surface area contributed by atoms with Gasteiger partial charge in [0, 0.05) is 24.7 Å². The van der Waals surface area contributed by atoms with Gasteiger partial charge in [0.2, 0.25) is 0 Å². The summed E-state index contributed by atoms with van der Waals surface area (Å²) in [5, 5.41) is 0.670. The van der Waals surface area contributed by atoms with E-state index in [1.54, 1.807) is 6.20 Å². The Morgan fingerprint density at radius 3 is 2.53 bits per heavy atom. The van der Waals surface area contributed by atoms with Gasteiger partial charge in [-0.1, -0.05) is 11.6 Å². The molecular formula is C11H16Cl2N2. The summed E-state index contributed by atoms with van der Waals surface area (Å²) in [6.45, 7) is 7.23. The summed E-state index contributed by atoms with van der Waals surface area (Å²) < 4.78 is 0. The van der Waals surface area contributed by atoms with Gasteiger partial charge in [-0.05, 0) is 32.4 Å². The minimum atomic E-state index is 0.391. The Morgan fingerprint density at radius 2 is 2.13 bits per heavy atom. The minimum absolute atomic E-state index is 0.391. The van der Waals surface area contributed by atoms with Crippen molar-refractivity contribution in [3.05, 3.63) is 22.8 Å². The van der Waals surface area contributed by atoms with Crippen LogP contribution in [0.1, 0.15) is 26.3 Å². The number of pyridine rings is 1. The molecule has 0 radical (unpaired) electrons. The minimum Gasteiger partial charge on any atom is -0.353 e. The van der Waals surface area contributed by atoms with Crippen molar-refractivity contribution in [1.29, 1.82) is 0 Å². The molecule has 0 fully saturated rings.